The first-order valence-electron chi connectivity index (χ1n) is 6.06. The highest BCUT2D eigenvalue weighted by Crippen LogP contribution is 2.37. The highest BCUT2D eigenvalue weighted by molar-refractivity contribution is 9.10. The summed E-state index contributed by atoms with van der Waals surface area (Å²) in [4.78, 5) is 0. The van der Waals surface area contributed by atoms with Crippen LogP contribution in [0.3, 0.4) is 0 Å². The predicted molar refractivity (Wildman–Crippen MR) is 77.6 cm³/mol. The van der Waals surface area contributed by atoms with Crippen LogP contribution in [0.2, 0.25) is 0 Å². The van der Waals surface area contributed by atoms with E-state index in [2.05, 4.69) is 21.2 Å². The number of benzene rings is 2. The Labute approximate surface area is 123 Å². The van der Waals surface area contributed by atoms with E-state index in [1.165, 1.54) is 6.07 Å². The molecule has 0 aliphatic carbocycles. The van der Waals surface area contributed by atoms with Gasteiger partial charge in [-0.25, -0.2) is 0 Å². The van der Waals surface area contributed by atoms with Gasteiger partial charge in [-0.15, -0.1) is 0 Å². The quantitative estimate of drug-likeness (QED) is 0.760. The molecule has 2 aromatic rings. The van der Waals surface area contributed by atoms with Crippen molar-refractivity contribution in [2.75, 3.05) is 5.32 Å². The maximum Gasteiger partial charge on any atom is 0.418 e. The Morgan fingerprint density at radius 3 is 2.30 bits per heavy atom. The van der Waals surface area contributed by atoms with Crippen LogP contribution < -0.4 is 5.32 Å². The number of alkyl halides is 3. The Morgan fingerprint density at radius 1 is 1.05 bits per heavy atom. The minimum Gasteiger partial charge on any atom is -0.378 e. The van der Waals surface area contributed by atoms with Crippen molar-refractivity contribution in [3.8, 4) is 0 Å². The second kappa shape index (κ2) is 5.87. The molecular formula is C15H13BrF3N. The lowest BCUT2D eigenvalue weighted by Gasteiger charge is -2.20. The molecule has 106 valence electrons. The van der Waals surface area contributed by atoms with E-state index in [-0.39, 0.29) is 11.7 Å². The summed E-state index contributed by atoms with van der Waals surface area (Å²) in [7, 11) is 0. The number of hydrogen-bond donors (Lipinski definition) is 1. The third kappa shape index (κ3) is 3.54. The summed E-state index contributed by atoms with van der Waals surface area (Å²) in [5.41, 5.74) is 0.343. The topological polar surface area (TPSA) is 12.0 Å². The van der Waals surface area contributed by atoms with E-state index in [1.54, 1.807) is 6.07 Å². The van der Waals surface area contributed by atoms with Crippen LogP contribution in [0.4, 0.5) is 18.9 Å². The molecule has 5 heteroatoms. The van der Waals surface area contributed by atoms with Crippen molar-refractivity contribution in [3.63, 3.8) is 0 Å². The molecule has 0 amide bonds. The maximum atomic E-state index is 13.0. The van der Waals surface area contributed by atoms with E-state index < -0.39 is 11.7 Å². The molecule has 1 nitrogen and oxygen atoms in total. The summed E-state index contributed by atoms with van der Waals surface area (Å²) in [5, 5.41) is 2.92. The van der Waals surface area contributed by atoms with Crippen LogP contribution in [0, 0.1) is 0 Å². The van der Waals surface area contributed by atoms with Crippen molar-refractivity contribution >= 4 is 21.6 Å². The third-order valence-electron chi connectivity index (χ3n) is 2.96. The predicted octanol–water partition coefficient (Wildman–Crippen LogP) is 5.64. The molecule has 20 heavy (non-hydrogen) atoms. The molecule has 0 saturated heterocycles. The summed E-state index contributed by atoms with van der Waals surface area (Å²) < 4.78 is 39.5. The van der Waals surface area contributed by atoms with Crippen LogP contribution in [0.5, 0.6) is 0 Å². The number of hydrogen-bond acceptors (Lipinski definition) is 1. The fourth-order valence-electron chi connectivity index (χ4n) is 1.94. The normalized spacial score (nSPS) is 13.1. The fourth-order valence-corrected chi connectivity index (χ4v) is 2.30. The molecule has 1 unspecified atom stereocenters. The number of nitrogens with one attached hydrogen (secondary N) is 1. The zero-order chi connectivity index (χ0) is 14.8. The highest BCUT2D eigenvalue weighted by atomic mass is 79.9. The van der Waals surface area contributed by atoms with Crippen molar-refractivity contribution in [1.82, 2.24) is 0 Å². The Hall–Kier alpha value is -1.49. The molecule has 1 atom stereocenters. The number of rotatable bonds is 3. The van der Waals surface area contributed by atoms with Crippen LogP contribution in [0.15, 0.2) is 53.0 Å². The van der Waals surface area contributed by atoms with E-state index in [4.69, 9.17) is 0 Å². The molecule has 0 fully saturated rings. The SMILES string of the molecule is CC(Nc1ccc(Br)cc1C(F)(F)F)c1ccccc1. The molecule has 2 aromatic carbocycles. The molecular weight excluding hydrogens is 331 g/mol. The van der Waals surface area contributed by atoms with Gasteiger partial charge in [0.15, 0.2) is 0 Å². The van der Waals surface area contributed by atoms with E-state index in [1.807, 2.05) is 37.3 Å². The summed E-state index contributed by atoms with van der Waals surface area (Å²) in [5.74, 6) is 0. The van der Waals surface area contributed by atoms with Crippen molar-refractivity contribution in [3.05, 3.63) is 64.1 Å². The van der Waals surface area contributed by atoms with E-state index >= 15 is 0 Å². The van der Waals surface area contributed by atoms with E-state index in [0.717, 1.165) is 11.6 Å². The van der Waals surface area contributed by atoms with Gasteiger partial charge in [-0.2, -0.15) is 13.2 Å². The summed E-state index contributed by atoms with van der Waals surface area (Å²) >= 11 is 3.07. The fraction of sp³-hybridized carbons (Fsp3) is 0.200. The average Bonchev–Trinajstić information content (AvgIpc) is 2.40. The zero-order valence-corrected chi connectivity index (χ0v) is 12.3. The van der Waals surface area contributed by atoms with Crippen molar-refractivity contribution in [2.45, 2.75) is 19.1 Å². The van der Waals surface area contributed by atoms with E-state index in [9.17, 15) is 13.2 Å². The largest absolute Gasteiger partial charge is 0.418 e. The van der Waals surface area contributed by atoms with Gasteiger partial charge in [0.1, 0.15) is 0 Å². The molecule has 0 radical (unpaired) electrons. The second-order valence-corrected chi connectivity index (χ2v) is 5.38. The Balaban J connectivity index is 2.30. The first kappa shape index (κ1) is 14.9. The molecule has 0 aliphatic heterocycles. The summed E-state index contributed by atoms with van der Waals surface area (Å²) in [6, 6.07) is 13.3. The molecule has 0 heterocycles. The number of anilines is 1. The van der Waals surface area contributed by atoms with Crippen LogP contribution in [-0.2, 0) is 6.18 Å². The Bertz CT molecular complexity index is 581. The van der Waals surface area contributed by atoms with Gasteiger partial charge in [-0.05, 0) is 30.7 Å². The molecule has 0 aromatic heterocycles. The van der Waals surface area contributed by atoms with Gasteiger partial charge in [-0.1, -0.05) is 46.3 Å². The third-order valence-corrected chi connectivity index (χ3v) is 3.45. The minimum atomic E-state index is -4.39. The minimum absolute atomic E-state index is 0.0806. The first-order chi connectivity index (χ1) is 9.38. The standard InChI is InChI=1S/C15H13BrF3N/c1-10(11-5-3-2-4-6-11)20-14-8-7-12(16)9-13(14)15(17,18)19/h2-10,20H,1H3. The van der Waals surface area contributed by atoms with Crippen LogP contribution >= 0.6 is 15.9 Å². The molecule has 0 aliphatic rings. The summed E-state index contributed by atoms with van der Waals surface area (Å²) in [6.45, 7) is 1.83. The molecule has 0 spiro atoms. The molecule has 1 N–H and O–H groups in total. The second-order valence-electron chi connectivity index (χ2n) is 4.46. The number of halogens is 4. The Morgan fingerprint density at radius 2 is 1.70 bits per heavy atom. The van der Waals surface area contributed by atoms with Gasteiger partial charge in [0.05, 0.1) is 5.56 Å². The van der Waals surface area contributed by atoms with Crippen molar-refractivity contribution < 1.29 is 13.2 Å². The highest BCUT2D eigenvalue weighted by Gasteiger charge is 2.34. The van der Waals surface area contributed by atoms with Gasteiger partial charge in [0.2, 0.25) is 0 Å². The monoisotopic (exact) mass is 343 g/mol. The molecule has 2 rings (SSSR count). The van der Waals surface area contributed by atoms with Crippen molar-refractivity contribution in [2.24, 2.45) is 0 Å². The summed E-state index contributed by atoms with van der Waals surface area (Å²) in [6.07, 6.45) is -4.39. The van der Waals surface area contributed by atoms with Gasteiger partial charge in [-0.3, -0.25) is 0 Å². The smallest absolute Gasteiger partial charge is 0.378 e. The van der Waals surface area contributed by atoms with Crippen LogP contribution in [0.25, 0.3) is 0 Å². The zero-order valence-electron chi connectivity index (χ0n) is 10.7. The van der Waals surface area contributed by atoms with E-state index in [0.29, 0.717) is 4.47 Å². The van der Waals surface area contributed by atoms with Gasteiger partial charge >= 0.3 is 6.18 Å². The van der Waals surface area contributed by atoms with Gasteiger partial charge in [0, 0.05) is 16.2 Å². The molecule has 0 bridgehead atoms. The lowest BCUT2D eigenvalue weighted by atomic mass is 10.1. The van der Waals surface area contributed by atoms with Crippen LogP contribution in [-0.4, -0.2) is 0 Å². The molecule has 0 saturated carbocycles. The van der Waals surface area contributed by atoms with Gasteiger partial charge in [0.25, 0.3) is 0 Å². The van der Waals surface area contributed by atoms with Crippen molar-refractivity contribution in [1.29, 1.82) is 0 Å². The first-order valence-corrected chi connectivity index (χ1v) is 6.85. The lowest BCUT2D eigenvalue weighted by Crippen LogP contribution is -2.13. The van der Waals surface area contributed by atoms with Gasteiger partial charge < -0.3 is 5.32 Å². The lowest BCUT2D eigenvalue weighted by molar-refractivity contribution is -0.137. The average molecular weight is 344 g/mol. The van der Waals surface area contributed by atoms with Crippen LogP contribution in [0.1, 0.15) is 24.1 Å². The maximum absolute atomic E-state index is 13.0. The Kier molecular flexibility index (Phi) is 4.38.